The summed E-state index contributed by atoms with van der Waals surface area (Å²) >= 11 is 3.76. The first kappa shape index (κ1) is 28.7. The van der Waals surface area contributed by atoms with Gasteiger partial charge in [0.1, 0.15) is 11.3 Å². The van der Waals surface area contributed by atoms with Gasteiger partial charge in [0.2, 0.25) is 0 Å². The van der Waals surface area contributed by atoms with E-state index in [1.165, 1.54) is 11.3 Å². The summed E-state index contributed by atoms with van der Waals surface area (Å²) in [4.78, 5) is 37.0. The number of likely N-dealkylation sites (N-methyl/N-ethyl adjacent to an activating group) is 1. The number of carbonyl (C=O) groups is 2. The molecule has 210 valence electrons. The van der Waals surface area contributed by atoms with E-state index >= 15 is 0 Å². The molecule has 3 heterocycles. The molecule has 0 unspecified atom stereocenters. The maximum absolute atomic E-state index is 12.8. The molecule has 2 amide bonds. The molecule has 0 spiro atoms. The van der Waals surface area contributed by atoms with Crippen molar-refractivity contribution in [2.75, 3.05) is 37.8 Å². The average Bonchev–Trinajstić information content (AvgIpc) is 3.55. The van der Waals surface area contributed by atoms with Crippen LogP contribution in [0.2, 0.25) is 0 Å². The molecule has 0 saturated heterocycles. The molecule has 0 radical (unpaired) electrons. The Hall–Kier alpha value is -3.81. The number of pyridine rings is 1. The summed E-state index contributed by atoms with van der Waals surface area (Å²) in [5.74, 6) is -0.280. The fourth-order valence-corrected chi connectivity index (χ4v) is 5.70. The molecule has 11 heteroatoms. The van der Waals surface area contributed by atoms with Crippen LogP contribution in [0.25, 0.3) is 17.0 Å². The number of hydrogen-bond donors (Lipinski definition) is 3. The van der Waals surface area contributed by atoms with Gasteiger partial charge in [0.15, 0.2) is 5.13 Å². The van der Waals surface area contributed by atoms with Gasteiger partial charge in [0, 0.05) is 46.0 Å². The van der Waals surface area contributed by atoms with Gasteiger partial charge in [-0.1, -0.05) is 40.8 Å². The highest BCUT2D eigenvalue weighted by Gasteiger charge is 2.17. The van der Waals surface area contributed by atoms with E-state index in [2.05, 4.69) is 43.5 Å². The maximum Gasteiger partial charge on any atom is 0.255 e. The normalized spacial score (nSPS) is 11.1. The topological polar surface area (TPSA) is 104 Å². The smallest absolute Gasteiger partial charge is 0.255 e. The molecule has 0 aliphatic heterocycles. The van der Waals surface area contributed by atoms with Gasteiger partial charge in [-0.15, -0.1) is 11.3 Å². The first-order valence-electron chi connectivity index (χ1n) is 13.0. The number of imidazole rings is 1. The zero-order chi connectivity index (χ0) is 28.9. The van der Waals surface area contributed by atoms with E-state index in [1.807, 2.05) is 84.4 Å². The zero-order valence-electron chi connectivity index (χ0n) is 22.9. The van der Waals surface area contributed by atoms with Crippen molar-refractivity contribution in [2.24, 2.45) is 0 Å². The maximum atomic E-state index is 12.8. The molecule has 0 saturated carbocycles. The first-order chi connectivity index (χ1) is 19.8. The fourth-order valence-electron chi connectivity index (χ4n) is 4.32. The van der Waals surface area contributed by atoms with Crippen LogP contribution >= 0.6 is 33.9 Å². The lowest BCUT2D eigenvalue weighted by molar-refractivity contribution is 0.0949. The molecule has 0 aliphatic rings. The Morgan fingerprint density at radius 3 is 2.49 bits per heavy atom. The number of aromatic nitrogens is 3. The number of nitrogens with zero attached hydrogens (tertiary/aromatic N) is 4. The average molecular weight is 680 g/mol. The number of halogens is 1. The van der Waals surface area contributed by atoms with Crippen LogP contribution in [0.4, 0.5) is 16.5 Å². The van der Waals surface area contributed by atoms with Crippen molar-refractivity contribution in [2.45, 2.75) is 11.4 Å². The highest BCUT2D eigenvalue weighted by molar-refractivity contribution is 14.1. The van der Waals surface area contributed by atoms with E-state index in [0.29, 0.717) is 22.8 Å². The lowest BCUT2D eigenvalue weighted by Crippen LogP contribution is -2.31. The Kier molecular flexibility index (Phi) is 8.96. The number of alkyl halides is 1. The molecule has 0 atom stereocenters. The minimum absolute atomic E-state index is 0.127. The summed E-state index contributed by atoms with van der Waals surface area (Å²) in [6, 6.07) is 18.7. The summed E-state index contributed by atoms with van der Waals surface area (Å²) < 4.78 is 2.73. The zero-order valence-corrected chi connectivity index (χ0v) is 25.9. The van der Waals surface area contributed by atoms with Crippen LogP contribution in [0.1, 0.15) is 32.0 Å². The largest absolute Gasteiger partial charge is 0.351 e. The van der Waals surface area contributed by atoms with E-state index in [9.17, 15) is 9.59 Å². The Balaban J connectivity index is 1.29. The molecule has 0 bridgehead atoms. The molecule has 5 aromatic rings. The van der Waals surface area contributed by atoms with Gasteiger partial charge >= 0.3 is 0 Å². The van der Waals surface area contributed by atoms with Crippen molar-refractivity contribution >= 4 is 67.9 Å². The molecular weight excluding hydrogens is 649 g/mol. The second-order valence-electron chi connectivity index (χ2n) is 9.74. The van der Waals surface area contributed by atoms with Gasteiger partial charge in [-0.3, -0.25) is 14.0 Å². The van der Waals surface area contributed by atoms with Crippen LogP contribution < -0.4 is 16.0 Å². The van der Waals surface area contributed by atoms with Crippen molar-refractivity contribution in [3.63, 3.8) is 0 Å². The van der Waals surface area contributed by atoms with Gasteiger partial charge in [-0.25, -0.2) is 9.97 Å². The minimum atomic E-state index is -0.153. The number of para-hydroxylation sites is 1. The Morgan fingerprint density at radius 2 is 1.73 bits per heavy atom. The van der Waals surface area contributed by atoms with Gasteiger partial charge < -0.3 is 20.9 Å². The summed E-state index contributed by atoms with van der Waals surface area (Å²) in [6.07, 6.45) is 1.81. The van der Waals surface area contributed by atoms with Crippen LogP contribution in [-0.2, 0) is 4.43 Å². The van der Waals surface area contributed by atoms with Crippen molar-refractivity contribution in [3.05, 3.63) is 94.6 Å². The van der Waals surface area contributed by atoms with Gasteiger partial charge in [-0.05, 0) is 69.0 Å². The number of fused-ring (bicyclic) bond motifs is 1. The molecule has 41 heavy (non-hydrogen) atoms. The van der Waals surface area contributed by atoms with Crippen LogP contribution in [0.5, 0.6) is 0 Å². The highest BCUT2D eigenvalue weighted by Crippen LogP contribution is 2.30. The highest BCUT2D eigenvalue weighted by atomic mass is 127. The molecule has 9 nitrogen and oxygen atoms in total. The third-order valence-corrected chi connectivity index (χ3v) is 8.03. The Bertz CT molecular complexity index is 1700. The Labute approximate surface area is 256 Å². The van der Waals surface area contributed by atoms with E-state index in [4.69, 9.17) is 4.98 Å². The monoisotopic (exact) mass is 679 g/mol. The summed E-state index contributed by atoms with van der Waals surface area (Å²) in [5.41, 5.74) is 7.03. The number of carbonyl (C=O) groups excluding carboxylic acids is 2. The number of aryl methyl sites for hydroxylation is 1. The lowest BCUT2D eigenvalue weighted by atomic mass is 10.1. The second-order valence-corrected chi connectivity index (χ2v) is 11.4. The molecule has 3 aromatic heterocycles. The van der Waals surface area contributed by atoms with Crippen LogP contribution in [-0.4, -0.2) is 58.3 Å². The molecule has 2 aromatic carbocycles. The number of thiazole rings is 1. The molecule has 0 aliphatic carbocycles. The fraction of sp³-hybridized carbons (Fsp3) is 0.200. The Morgan fingerprint density at radius 1 is 0.976 bits per heavy atom. The van der Waals surface area contributed by atoms with Crippen LogP contribution in [0, 0.1) is 6.92 Å². The van der Waals surface area contributed by atoms with Crippen LogP contribution in [0.3, 0.4) is 0 Å². The van der Waals surface area contributed by atoms with E-state index in [1.54, 1.807) is 18.2 Å². The predicted molar refractivity (Wildman–Crippen MR) is 174 cm³/mol. The number of amides is 2. The number of hydrogen-bond acceptors (Lipinski definition) is 7. The number of benzene rings is 2. The number of nitrogens with one attached hydrogen (secondary N) is 3. The van der Waals surface area contributed by atoms with Crippen LogP contribution in [0.15, 0.2) is 72.2 Å². The standard InChI is InChI=1S/C30H30IN7O2S/c1-19-27(38-17-22(10-13-26(38)33-19)28(39)32-14-15-37(2)3)25-18-41-30(36-25)34-23-11-8-20(9-12-23)29(40)35-24-7-5-4-6-21(24)16-31/h4-13,17-18H,14-16H2,1-3H3,(H,32,39)(H,34,36)(H,35,40). The van der Waals surface area contributed by atoms with E-state index in [-0.39, 0.29) is 11.8 Å². The van der Waals surface area contributed by atoms with Crippen molar-refractivity contribution in [1.29, 1.82) is 0 Å². The second kappa shape index (κ2) is 12.8. The van der Waals surface area contributed by atoms with Crippen molar-refractivity contribution in [3.8, 4) is 11.4 Å². The quantitative estimate of drug-likeness (QED) is 0.124. The molecule has 0 fully saturated rings. The molecule has 3 N–H and O–H groups in total. The van der Waals surface area contributed by atoms with Gasteiger partial charge in [0.25, 0.3) is 11.8 Å². The summed E-state index contributed by atoms with van der Waals surface area (Å²) in [7, 11) is 3.94. The number of rotatable bonds is 10. The van der Waals surface area contributed by atoms with E-state index < -0.39 is 0 Å². The summed E-state index contributed by atoms with van der Waals surface area (Å²) in [6.45, 7) is 3.27. The minimum Gasteiger partial charge on any atom is -0.351 e. The van der Waals surface area contributed by atoms with Crippen molar-refractivity contribution in [1.82, 2.24) is 24.6 Å². The van der Waals surface area contributed by atoms with E-state index in [0.717, 1.165) is 50.6 Å². The lowest BCUT2D eigenvalue weighted by Gasteiger charge is -2.10. The summed E-state index contributed by atoms with van der Waals surface area (Å²) in [5, 5.41) is 12.0. The SMILES string of the molecule is Cc1nc2ccc(C(=O)NCCN(C)C)cn2c1-c1csc(Nc2ccc(C(=O)Nc3ccccc3CI)cc2)n1. The first-order valence-corrected chi connectivity index (χ1v) is 15.4. The molecule has 5 rings (SSSR count). The third-order valence-electron chi connectivity index (χ3n) is 6.45. The molecular formula is C30H30IN7O2S. The number of anilines is 3. The third kappa shape index (κ3) is 6.75. The van der Waals surface area contributed by atoms with Gasteiger partial charge in [-0.2, -0.15) is 0 Å². The predicted octanol–water partition coefficient (Wildman–Crippen LogP) is 5.99. The van der Waals surface area contributed by atoms with Gasteiger partial charge in [0.05, 0.1) is 17.0 Å². The van der Waals surface area contributed by atoms with Crippen molar-refractivity contribution < 1.29 is 9.59 Å².